The van der Waals surface area contributed by atoms with Crippen LogP contribution in [0.25, 0.3) is 0 Å². The minimum Gasteiger partial charge on any atom is -0.393 e. The molecule has 0 aromatic rings. The Kier molecular flexibility index (Phi) is 1.95. The molecule has 2 aliphatic heterocycles. The molecule has 2 saturated heterocycles. The van der Waals surface area contributed by atoms with Gasteiger partial charge in [-0.05, 0) is 13.8 Å². The van der Waals surface area contributed by atoms with Crippen LogP contribution in [0, 0.1) is 0 Å². The highest BCUT2D eigenvalue weighted by atomic mass is 32.2. The number of hydrogen-bond acceptors (Lipinski definition) is 4. The van der Waals surface area contributed by atoms with E-state index in [1.807, 2.05) is 13.8 Å². The predicted molar refractivity (Wildman–Crippen MR) is 52.8 cm³/mol. The van der Waals surface area contributed by atoms with Crippen molar-refractivity contribution < 1.29 is 14.7 Å². The molecule has 1 amide bonds. The summed E-state index contributed by atoms with van der Waals surface area (Å²) in [5.74, 6) is -0.0331. The van der Waals surface area contributed by atoms with Crippen LogP contribution in [-0.4, -0.2) is 44.5 Å². The standard InChI is InChI=1S/C9H13NO3S/c1-8(2)9(4-11,5-12)10-6(13)3-7(10)14-8/h4,7,12H,3,5H2,1-2H3/t7-,9-/m1/s1. The lowest BCUT2D eigenvalue weighted by atomic mass is 9.84. The quantitative estimate of drug-likeness (QED) is 0.520. The van der Waals surface area contributed by atoms with E-state index in [0.29, 0.717) is 6.42 Å². The first kappa shape index (κ1) is 9.98. The molecule has 14 heavy (non-hydrogen) atoms. The van der Waals surface area contributed by atoms with E-state index in [2.05, 4.69) is 0 Å². The van der Waals surface area contributed by atoms with E-state index in [-0.39, 0.29) is 17.9 Å². The maximum atomic E-state index is 11.4. The van der Waals surface area contributed by atoms with Gasteiger partial charge in [0, 0.05) is 4.75 Å². The van der Waals surface area contributed by atoms with Crippen LogP contribution in [0.5, 0.6) is 0 Å². The zero-order valence-corrected chi connectivity index (χ0v) is 9.00. The number of aliphatic hydroxyl groups excluding tert-OH is 1. The first-order chi connectivity index (χ1) is 6.48. The number of amides is 1. The van der Waals surface area contributed by atoms with Crippen molar-refractivity contribution in [3.05, 3.63) is 0 Å². The summed E-state index contributed by atoms with van der Waals surface area (Å²) in [7, 11) is 0. The molecule has 4 nitrogen and oxygen atoms in total. The van der Waals surface area contributed by atoms with Crippen LogP contribution in [0.4, 0.5) is 0 Å². The van der Waals surface area contributed by atoms with Gasteiger partial charge in [-0.25, -0.2) is 0 Å². The van der Waals surface area contributed by atoms with E-state index in [1.165, 1.54) is 4.90 Å². The molecule has 0 aromatic heterocycles. The third kappa shape index (κ3) is 0.892. The largest absolute Gasteiger partial charge is 0.393 e. The van der Waals surface area contributed by atoms with Crippen LogP contribution in [0.3, 0.4) is 0 Å². The van der Waals surface area contributed by atoms with Crippen LogP contribution in [0.2, 0.25) is 0 Å². The van der Waals surface area contributed by atoms with Crippen LogP contribution in [0.15, 0.2) is 0 Å². The molecular weight excluding hydrogens is 202 g/mol. The lowest BCUT2D eigenvalue weighted by molar-refractivity contribution is -0.156. The molecule has 0 spiro atoms. The fourth-order valence-electron chi connectivity index (χ4n) is 2.20. The Labute approximate surface area is 86.6 Å². The van der Waals surface area contributed by atoms with E-state index in [1.54, 1.807) is 11.8 Å². The molecule has 1 N–H and O–H groups in total. The molecule has 0 radical (unpaired) electrons. The van der Waals surface area contributed by atoms with E-state index < -0.39 is 10.3 Å². The summed E-state index contributed by atoms with van der Waals surface area (Å²) in [6, 6.07) is 0. The number of aliphatic hydroxyl groups is 1. The van der Waals surface area contributed by atoms with Gasteiger partial charge in [-0.3, -0.25) is 4.79 Å². The maximum absolute atomic E-state index is 11.4. The summed E-state index contributed by atoms with van der Waals surface area (Å²) in [5.41, 5.74) is -1.02. The smallest absolute Gasteiger partial charge is 0.227 e. The molecule has 78 valence electrons. The molecule has 2 fully saturated rings. The second-order valence-electron chi connectivity index (χ2n) is 4.25. The zero-order valence-electron chi connectivity index (χ0n) is 8.19. The SMILES string of the molecule is CC1(C)S[C@@H]2CC(=O)N2[C@]1(C=O)CO. The van der Waals surface area contributed by atoms with Crippen LogP contribution in [-0.2, 0) is 9.59 Å². The monoisotopic (exact) mass is 215 g/mol. The topological polar surface area (TPSA) is 57.6 Å². The minimum absolute atomic E-state index is 0.0331. The number of hydrogen-bond donors (Lipinski definition) is 1. The Morgan fingerprint density at radius 1 is 1.71 bits per heavy atom. The van der Waals surface area contributed by atoms with Crippen molar-refractivity contribution in [3.63, 3.8) is 0 Å². The van der Waals surface area contributed by atoms with E-state index in [9.17, 15) is 14.7 Å². The summed E-state index contributed by atoms with van der Waals surface area (Å²) >= 11 is 1.59. The van der Waals surface area contributed by atoms with Crippen LogP contribution < -0.4 is 0 Å². The fourth-order valence-corrected chi connectivity index (χ4v) is 3.93. The van der Waals surface area contributed by atoms with Gasteiger partial charge in [0.1, 0.15) is 11.8 Å². The molecule has 0 unspecified atom stereocenters. The summed E-state index contributed by atoms with van der Waals surface area (Å²) in [6.07, 6.45) is 1.21. The van der Waals surface area contributed by atoms with Crippen molar-refractivity contribution in [2.75, 3.05) is 6.61 Å². The molecule has 2 rings (SSSR count). The van der Waals surface area contributed by atoms with Crippen LogP contribution >= 0.6 is 11.8 Å². The molecular formula is C9H13NO3S. The van der Waals surface area contributed by atoms with Gasteiger partial charge in [0.05, 0.1) is 18.4 Å². The van der Waals surface area contributed by atoms with Gasteiger partial charge in [0.25, 0.3) is 0 Å². The highest BCUT2D eigenvalue weighted by molar-refractivity contribution is 8.01. The molecule has 2 atom stereocenters. The third-order valence-electron chi connectivity index (χ3n) is 3.25. The number of aldehydes is 1. The molecule has 2 aliphatic rings. The molecule has 5 heteroatoms. The van der Waals surface area contributed by atoms with Crippen molar-refractivity contribution in [3.8, 4) is 0 Å². The number of carbonyl (C=O) groups is 2. The van der Waals surface area contributed by atoms with E-state index >= 15 is 0 Å². The Bertz CT molecular complexity index is 304. The first-order valence-corrected chi connectivity index (χ1v) is 5.43. The molecule has 0 aromatic carbocycles. The number of carbonyl (C=O) groups excluding carboxylic acids is 2. The normalized spacial score (nSPS) is 39.2. The average Bonchev–Trinajstić information content (AvgIpc) is 2.29. The number of nitrogens with zero attached hydrogens (tertiary/aromatic N) is 1. The average molecular weight is 215 g/mol. The Hall–Kier alpha value is -0.550. The Morgan fingerprint density at radius 3 is 2.71 bits per heavy atom. The van der Waals surface area contributed by atoms with Crippen molar-refractivity contribution in [2.45, 2.75) is 35.9 Å². The van der Waals surface area contributed by atoms with Gasteiger partial charge in [-0.15, -0.1) is 11.8 Å². The van der Waals surface area contributed by atoms with Crippen LogP contribution in [0.1, 0.15) is 20.3 Å². The number of rotatable bonds is 2. The summed E-state index contributed by atoms with van der Waals surface area (Å²) in [6.45, 7) is 3.50. The lowest BCUT2D eigenvalue weighted by Crippen LogP contribution is -2.66. The van der Waals surface area contributed by atoms with Gasteiger partial charge in [0.2, 0.25) is 5.91 Å². The zero-order chi connectivity index (χ0) is 10.6. The minimum atomic E-state index is -1.02. The van der Waals surface area contributed by atoms with Gasteiger partial charge in [0.15, 0.2) is 0 Å². The van der Waals surface area contributed by atoms with Gasteiger partial charge < -0.3 is 14.8 Å². The van der Waals surface area contributed by atoms with Crippen molar-refractivity contribution in [1.82, 2.24) is 4.90 Å². The van der Waals surface area contributed by atoms with Crippen molar-refractivity contribution in [1.29, 1.82) is 0 Å². The lowest BCUT2D eigenvalue weighted by Gasteiger charge is -2.44. The van der Waals surface area contributed by atoms with Crippen molar-refractivity contribution in [2.24, 2.45) is 0 Å². The number of β-lactam (4-membered cyclic amide) rings is 1. The predicted octanol–water partition coefficient (Wildman–Crippen LogP) is 0.000200. The third-order valence-corrected chi connectivity index (χ3v) is 4.84. The first-order valence-electron chi connectivity index (χ1n) is 4.56. The molecule has 0 aliphatic carbocycles. The summed E-state index contributed by atoms with van der Waals surface area (Å²) in [5, 5.41) is 9.43. The second kappa shape index (κ2) is 2.73. The highest BCUT2D eigenvalue weighted by Gasteiger charge is 2.65. The molecule has 2 heterocycles. The molecule has 0 bridgehead atoms. The van der Waals surface area contributed by atoms with Crippen molar-refractivity contribution >= 4 is 24.0 Å². The van der Waals surface area contributed by atoms with Gasteiger partial charge >= 0.3 is 0 Å². The summed E-state index contributed by atoms with van der Waals surface area (Å²) in [4.78, 5) is 24.1. The Morgan fingerprint density at radius 2 is 2.36 bits per heavy atom. The number of fused-ring (bicyclic) bond motifs is 1. The highest BCUT2D eigenvalue weighted by Crippen LogP contribution is 2.55. The van der Waals surface area contributed by atoms with E-state index in [0.717, 1.165) is 6.29 Å². The second-order valence-corrected chi connectivity index (χ2v) is 6.05. The Balaban J connectivity index is 2.44. The summed E-state index contributed by atoms with van der Waals surface area (Å²) < 4.78 is -0.402. The van der Waals surface area contributed by atoms with Gasteiger partial charge in [-0.2, -0.15) is 0 Å². The van der Waals surface area contributed by atoms with Gasteiger partial charge in [-0.1, -0.05) is 0 Å². The maximum Gasteiger partial charge on any atom is 0.227 e. The number of thioether (sulfide) groups is 1. The van der Waals surface area contributed by atoms with E-state index in [4.69, 9.17) is 0 Å². The fraction of sp³-hybridized carbons (Fsp3) is 0.778. The molecule has 0 saturated carbocycles.